The molecule has 1 heterocycles. The number of aromatic carboxylic acids is 1. The molecule has 2 amide bonds. The van der Waals surface area contributed by atoms with Crippen LogP contribution >= 0.6 is 0 Å². The molecule has 1 aromatic rings. The molecule has 5 heteroatoms. The molecule has 0 bridgehead atoms. The van der Waals surface area contributed by atoms with Crippen LogP contribution in [0.2, 0.25) is 0 Å². The Morgan fingerprint density at radius 1 is 1.24 bits per heavy atom. The highest BCUT2D eigenvalue weighted by Crippen LogP contribution is 2.25. The molecular weight excluding hydrogens is 268 g/mol. The van der Waals surface area contributed by atoms with E-state index in [-0.39, 0.29) is 11.6 Å². The van der Waals surface area contributed by atoms with Crippen molar-refractivity contribution in [1.29, 1.82) is 0 Å². The quantitative estimate of drug-likeness (QED) is 0.911. The van der Waals surface area contributed by atoms with E-state index in [1.165, 1.54) is 11.0 Å². The Kier molecular flexibility index (Phi) is 4.50. The fourth-order valence-corrected chi connectivity index (χ4v) is 2.70. The molecular formula is C16H22N2O3. The van der Waals surface area contributed by atoms with Crippen molar-refractivity contribution >= 4 is 17.7 Å². The second kappa shape index (κ2) is 6.16. The van der Waals surface area contributed by atoms with E-state index in [1.807, 2.05) is 4.90 Å². The van der Waals surface area contributed by atoms with E-state index in [1.54, 1.807) is 25.2 Å². The minimum atomic E-state index is -1.02. The molecule has 5 nitrogen and oxygen atoms in total. The van der Waals surface area contributed by atoms with Crippen LogP contribution in [0.4, 0.5) is 10.5 Å². The first-order valence-corrected chi connectivity index (χ1v) is 7.26. The fourth-order valence-electron chi connectivity index (χ4n) is 2.70. The van der Waals surface area contributed by atoms with E-state index >= 15 is 0 Å². The van der Waals surface area contributed by atoms with Crippen molar-refractivity contribution < 1.29 is 14.7 Å². The molecule has 21 heavy (non-hydrogen) atoms. The van der Waals surface area contributed by atoms with Crippen LogP contribution in [-0.2, 0) is 0 Å². The Morgan fingerprint density at radius 3 is 2.52 bits per heavy atom. The number of carboxylic acid groups (broad SMARTS) is 1. The van der Waals surface area contributed by atoms with E-state index < -0.39 is 5.97 Å². The van der Waals surface area contributed by atoms with Crippen molar-refractivity contribution in [2.75, 3.05) is 25.0 Å². The highest BCUT2D eigenvalue weighted by molar-refractivity contribution is 6.01. The average molecular weight is 290 g/mol. The number of benzene rings is 1. The van der Waals surface area contributed by atoms with E-state index in [0.29, 0.717) is 17.5 Å². The van der Waals surface area contributed by atoms with Gasteiger partial charge in [0.1, 0.15) is 0 Å². The number of hydrogen-bond donors (Lipinski definition) is 1. The number of piperidine rings is 1. The Balaban J connectivity index is 2.18. The third kappa shape index (κ3) is 3.17. The standard InChI is InChI=1S/C16H22N2O3/c1-11-8-9-18(10-12(11)2)16(21)17(3)14-7-5-4-6-13(14)15(19)20/h4-7,11-12H,8-10H2,1-3H3,(H,19,20). The SMILES string of the molecule is CC1CCN(C(=O)N(C)c2ccccc2C(=O)O)CC1C. The summed E-state index contributed by atoms with van der Waals surface area (Å²) < 4.78 is 0. The second-order valence-corrected chi connectivity index (χ2v) is 5.85. The molecule has 1 aliphatic heterocycles. The molecule has 2 atom stereocenters. The Bertz CT molecular complexity index is 544. The number of carbonyl (C=O) groups excluding carboxylic acids is 1. The highest BCUT2D eigenvalue weighted by atomic mass is 16.4. The first-order valence-electron chi connectivity index (χ1n) is 7.26. The summed E-state index contributed by atoms with van der Waals surface area (Å²) >= 11 is 0. The Labute approximate surface area is 125 Å². The third-order valence-corrected chi connectivity index (χ3v) is 4.39. The number of urea groups is 1. The van der Waals surface area contributed by atoms with Gasteiger partial charge in [0.25, 0.3) is 0 Å². The lowest BCUT2D eigenvalue weighted by Crippen LogP contribution is -2.48. The average Bonchev–Trinajstić information content (AvgIpc) is 2.48. The number of likely N-dealkylation sites (tertiary alicyclic amines) is 1. The van der Waals surface area contributed by atoms with Gasteiger partial charge in [0, 0.05) is 20.1 Å². The molecule has 0 spiro atoms. The van der Waals surface area contributed by atoms with Crippen molar-refractivity contribution in [1.82, 2.24) is 4.90 Å². The van der Waals surface area contributed by atoms with Gasteiger partial charge in [0.05, 0.1) is 11.3 Å². The summed E-state index contributed by atoms with van der Waals surface area (Å²) in [6, 6.07) is 6.45. The number of amides is 2. The lowest BCUT2D eigenvalue weighted by atomic mass is 9.89. The summed E-state index contributed by atoms with van der Waals surface area (Å²) in [6.07, 6.45) is 0.987. The van der Waals surface area contributed by atoms with Crippen LogP contribution in [0, 0.1) is 11.8 Å². The van der Waals surface area contributed by atoms with Gasteiger partial charge < -0.3 is 10.0 Å². The molecule has 1 saturated heterocycles. The maximum atomic E-state index is 12.6. The molecule has 1 fully saturated rings. The van der Waals surface area contributed by atoms with Crippen LogP contribution in [0.5, 0.6) is 0 Å². The number of anilines is 1. The van der Waals surface area contributed by atoms with Gasteiger partial charge in [-0.15, -0.1) is 0 Å². The predicted molar refractivity (Wildman–Crippen MR) is 81.7 cm³/mol. The molecule has 114 valence electrons. The van der Waals surface area contributed by atoms with Crippen LogP contribution < -0.4 is 4.90 Å². The lowest BCUT2D eigenvalue weighted by Gasteiger charge is -2.37. The van der Waals surface area contributed by atoms with Crippen molar-refractivity contribution in [2.45, 2.75) is 20.3 Å². The van der Waals surface area contributed by atoms with Gasteiger partial charge in [-0.25, -0.2) is 9.59 Å². The van der Waals surface area contributed by atoms with Gasteiger partial charge in [0.15, 0.2) is 0 Å². The number of carbonyl (C=O) groups is 2. The largest absolute Gasteiger partial charge is 0.478 e. The molecule has 0 radical (unpaired) electrons. The summed E-state index contributed by atoms with van der Waals surface area (Å²) in [4.78, 5) is 27.1. The molecule has 0 saturated carbocycles. The van der Waals surface area contributed by atoms with Crippen molar-refractivity contribution in [3.63, 3.8) is 0 Å². The van der Waals surface area contributed by atoms with Crippen LogP contribution in [0.3, 0.4) is 0 Å². The summed E-state index contributed by atoms with van der Waals surface area (Å²) in [5.41, 5.74) is 0.577. The number of nitrogens with zero attached hydrogens (tertiary/aromatic N) is 2. The predicted octanol–water partition coefficient (Wildman–Crippen LogP) is 2.92. The van der Waals surface area contributed by atoms with Crippen LogP contribution in [-0.4, -0.2) is 42.1 Å². The number of rotatable bonds is 2. The highest BCUT2D eigenvalue weighted by Gasteiger charge is 2.29. The Morgan fingerprint density at radius 2 is 1.90 bits per heavy atom. The molecule has 1 aliphatic rings. The number of para-hydroxylation sites is 1. The first-order chi connectivity index (χ1) is 9.91. The van der Waals surface area contributed by atoms with Gasteiger partial charge in [-0.05, 0) is 30.4 Å². The normalized spacial score (nSPS) is 22.0. The molecule has 2 unspecified atom stereocenters. The Hall–Kier alpha value is -2.04. The van der Waals surface area contributed by atoms with Crippen LogP contribution in [0.15, 0.2) is 24.3 Å². The summed E-state index contributed by atoms with van der Waals surface area (Å²) in [7, 11) is 1.63. The maximum absolute atomic E-state index is 12.6. The lowest BCUT2D eigenvalue weighted by molar-refractivity contribution is 0.0697. The summed E-state index contributed by atoms with van der Waals surface area (Å²) in [5, 5.41) is 9.23. The summed E-state index contributed by atoms with van der Waals surface area (Å²) in [6.45, 7) is 5.80. The smallest absolute Gasteiger partial charge is 0.337 e. The van der Waals surface area contributed by atoms with Crippen molar-refractivity contribution in [3.8, 4) is 0 Å². The number of hydrogen-bond acceptors (Lipinski definition) is 2. The maximum Gasteiger partial charge on any atom is 0.337 e. The van der Waals surface area contributed by atoms with Gasteiger partial charge in [0.2, 0.25) is 0 Å². The molecule has 1 aromatic carbocycles. The fraction of sp³-hybridized carbons (Fsp3) is 0.500. The molecule has 1 N–H and O–H groups in total. The summed E-state index contributed by atoms with van der Waals surface area (Å²) in [5.74, 6) is 0.0577. The van der Waals surface area contributed by atoms with E-state index in [4.69, 9.17) is 0 Å². The van der Waals surface area contributed by atoms with E-state index in [0.717, 1.165) is 19.5 Å². The zero-order chi connectivity index (χ0) is 15.6. The zero-order valence-electron chi connectivity index (χ0n) is 12.7. The van der Waals surface area contributed by atoms with Gasteiger partial charge in [-0.2, -0.15) is 0 Å². The molecule has 0 aliphatic carbocycles. The molecule has 2 rings (SSSR count). The van der Waals surface area contributed by atoms with E-state index in [2.05, 4.69) is 13.8 Å². The minimum Gasteiger partial charge on any atom is -0.478 e. The van der Waals surface area contributed by atoms with Crippen LogP contribution in [0.25, 0.3) is 0 Å². The molecule has 0 aromatic heterocycles. The monoisotopic (exact) mass is 290 g/mol. The zero-order valence-corrected chi connectivity index (χ0v) is 12.7. The van der Waals surface area contributed by atoms with Crippen LogP contribution in [0.1, 0.15) is 30.6 Å². The van der Waals surface area contributed by atoms with Crippen molar-refractivity contribution in [3.05, 3.63) is 29.8 Å². The van der Waals surface area contributed by atoms with Crippen molar-refractivity contribution in [2.24, 2.45) is 11.8 Å². The topological polar surface area (TPSA) is 60.9 Å². The van der Waals surface area contributed by atoms with Gasteiger partial charge in [-0.3, -0.25) is 4.90 Å². The third-order valence-electron chi connectivity index (χ3n) is 4.39. The van der Waals surface area contributed by atoms with Gasteiger partial charge >= 0.3 is 12.0 Å². The van der Waals surface area contributed by atoms with E-state index in [9.17, 15) is 14.7 Å². The number of carboxylic acids is 1. The second-order valence-electron chi connectivity index (χ2n) is 5.85. The first kappa shape index (κ1) is 15.4. The van der Waals surface area contributed by atoms with Gasteiger partial charge in [-0.1, -0.05) is 26.0 Å². The minimum absolute atomic E-state index is 0.137.